The van der Waals surface area contributed by atoms with Crippen LogP contribution >= 0.6 is 11.3 Å². The fourth-order valence-corrected chi connectivity index (χ4v) is 3.71. The molecule has 1 N–H and O–H groups in total. The SMILES string of the molecule is O=C(Nc1ncc(N2CCOCC2)s1)c1cccc2ccccc12. The van der Waals surface area contributed by atoms with Crippen LogP contribution in [0.2, 0.25) is 0 Å². The molecular weight excluding hydrogens is 322 g/mol. The first-order valence-electron chi connectivity index (χ1n) is 7.89. The van der Waals surface area contributed by atoms with Crippen LogP contribution < -0.4 is 10.2 Å². The predicted molar refractivity (Wildman–Crippen MR) is 97.0 cm³/mol. The fraction of sp³-hybridized carbons (Fsp3) is 0.222. The minimum absolute atomic E-state index is 0.130. The Balaban J connectivity index is 1.54. The molecule has 5 nitrogen and oxygen atoms in total. The number of thiazole rings is 1. The van der Waals surface area contributed by atoms with Gasteiger partial charge in [0.2, 0.25) is 0 Å². The highest BCUT2D eigenvalue weighted by Gasteiger charge is 2.16. The van der Waals surface area contributed by atoms with E-state index in [0.29, 0.717) is 10.7 Å². The number of hydrogen-bond acceptors (Lipinski definition) is 5. The number of nitrogens with one attached hydrogen (secondary N) is 1. The first-order chi connectivity index (χ1) is 11.8. The molecule has 0 spiro atoms. The predicted octanol–water partition coefficient (Wildman–Crippen LogP) is 3.39. The third kappa shape index (κ3) is 2.98. The largest absolute Gasteiger partial charge is 0.378 e. The Morgan fingerprint density at radius 1 is 1.12 bits per heavy atom. The normalized spacial score (nSPS) is 14.8. The maximum absolute atomic E-state index is 12.6. The Morgan fingerprint density at radius 3 is 2.79 bits per heavy atom. The molecule has 1 aliphatic rings. The van der Waals surface area contributed by atoms with E-state index in [1.807, 2.05) is 48.7 Å². The summed E-state index contributed by atoms with van der Waals surface area (Å²) in [6, 6.07) is 13.6. The van der Waals surface area contributed by atoms with E-state index in [0.717, 1.165) is 42.1 Å². The maximum Gasteiger partial charge on any atom is 0.258 e. The van der Waals surface area contributed by atoms with Crippen LogP contribution in [0.3, 0.4) is 0 Å². The number of rotatable bonds is 3. The van der Waals surface area contributed by atoms with Gasteiger partial charge < -0.3 is 9.64 Å². The number of fused-ring (bicyclic) bond motifs is 1. The molecule has 6 heteroatoms. The number of nitrogens with zero attached hydrogens (tertiary/aromatic N) is 2. The van der Waals surface area contributed by atoms with Crippen LogP contribution in [0, 0.1) is 0 Å². The lowest BCUT2D eigenvalue weighted by Gasteiger charge is -2.26. The molecule has 0 radical (unpaired) electrons. The number of amides is 1. The number of ether oxygens (including phenoxy) is 1. The van der Waals surface area contributed by atoms with Gasteiger partial charge >= 0.3 is 0 Å². The topological polar surface area (TPSA) is 54.5 Å². The molecule has 1 saturated heterocycles. The van der Waals surface area contributed by atoms with Crippen molar-refractivity contribution in [2.45, 2.75) is 0 Å². The summed E-state index contributed by atoms with van der Waals surface area (Å²) in [5.41, 5.74) is 0.663. The van der Waals surface area contributed by atoms with Crippen LogP contribution in [0.4, 0.5) is 10.1 Å². The van der Waals surface area contributed by atoms with Crippen LogP contribution in [0.15, 0.2) is 48.7 Å². The molecule has 1 aromatic heterocycles. The summed E-state index contributed by atoms with van der Waals surface area (Å²) >= 11 is 1.50. The second-order valence-corrected chi connectivity index (χ2v) is 6.59. The Labute approximate surface area is 143 Å². The van der Waals surface area contributed by atoms with Gasteiger partial charge in [0.05, 0.1) is 19.4 Å². The number of anilines is 2. The summed E-state index contributed by atoms with van der Waals surface area (Å²) in [7, 11) is 0. The van der Waals surface area contributed by atoms with E-state index in [9.17, 15) is 4.79 Å². The zero-order chi connectivity index (χ0) is 16.4. The number of carbonyl (C=O) groups excluding carboxylic acids is 1. The molecule has 122 valence electrons. The summed E-state index contributed by atoms with van der Waals surface area (Å²) in [6.45, 7) is 3.18. The molecular formula is C18H17N3O2S. The van der Waals surface area contributed by atoms with Crippen LogP contribution in [0.5, 0.6) is 0 Å². The van der Waals surface area contributed by atoms with Gasteiger partial charge in [0.15, 0.2) is 5.13 Å². The van der Waals surface area contributed by atoms with Crippen molar-refractivity contribution in [1.29, 1.82) is 0 Å². The number of morpholine rings is 1. The van der Waals surface area contributed by atoms with Gasteiger partial charge in [0, 0.05) is 18.7 Å². The molecule has 0 aliphatic carbocycles. The first-order valence-corrected chi connectivity index (χ1v) is 8.70. The Kier molecular flexibility index (Phi) is 4.15. The van der Waals surface area contributed by atoms with Crippen molar-refractivity contribution in [3.63, 3.8) is 0 Å². The quantitative estimate of drug-likeness (QED) is 0.795. The lowest BCUT2D eigenvalue weighted by molar-refractivity contribution is 0.102. The van der Waals surface area contributed by atoms with Crippen LogP contribution in [-0.4, -0.2) is 37.2 Å². The van der Waals surface area contributed by atoms with Crippen LogP contribution in [-0.2, 0) is 4.74 Å². The van der Waals surface area contributed by atoms with Crippen LogP contribution in [0.1, 0.15) is 10.4 Å². The highest BCUT2D eigenvalue weighted by atomic mass is 32.1. The van der Waals surface area contributed by atoms with Gasteiger partial charge in [0.1, 0.15) is 5.00 Å². The molecule has 2 aromatic carbocycles. The Hall–Kier alpha value is -2.44. The van der Waals surface area contributed by atoms with E-state index in [-0.39, 0.29) is 5.91 Å². The van der Waals surface area contributed by atoms with Gasteiger partial charge in [-0.25, -0.2) is 4.98 Å². The van der Waals surface area contributed by atoms with E-state index in [1.165, 1.54) is 11.3 Å². The molecule has 0 saturated carbocycles. The molecule has 1 fully saturated rings. The third-order valence-electron chi connectivity index (χ3n) is 4.07. The second-order valence-electron chi connectivity index (χ2n) is 5.58. The van der Waals surface area contributed by atoms with Crippen molar-refractivity contribution >= 4 is 38.1 Å². The molecule has 3 aromatic rings. The molecule has 1 amide bonds. The summed E-state index contributed by atoms with van der Waals surface area (Å²) in [4.78, 5) is 19.2. The van der Waals surface area contributed by atoms with Crippen molar-refractivity contribution in [2.75, 3.05) is 36.5 Å². The summed E-state index contributed by atoms with van der Waals surface area (Å²) < 4.78 is 5.36. The maximum atomic E-state index is 12.6. The highest BCUT2D eigenvalue weighted by Crippen LogP contribution is 2.28. The van der Waals surface area contributed by atoms with E-state index in [4.69, 9.17) is 4.74 Å². The third-order valence-corrected chi connectivity index (χ3v) is 5.04. The molecule has 1 aliphatic heterocycles. The summed E-state index contributed by atoms with van der Waals surface area (Å²) in [5, 5.41) is 6.60. The number of hydrogen-bond donors (Lipinski definition) is 1. The monoisotopic (exact) mass is 339 g/mol. The molecule has 24 heavy (non-hydrogen) atoms. The average Bonchev–Trinajstić information content (AvgIpc) is 3.10. The van der Waals surface area contributed by atoms with Crippen molar-refractivity contribution in [3.8, 4) is 0 Å². The molecule has 0 unspecified atom stereocenters. The van der Waals surface area contributed by atoms with Gasteiger partial charge in [-0.05, 0) is 16.8 Å². The summed E-state index contributed by atoms with van der Waals surface area (Å²) in [5.74, 6) is -0.130. The highest BCUT2D eigenvalue weighted by molar-refractivity contribution is 7.19. The molecule has 2 heterocycles. The van der Waals surface area contributed by atoms with Gasteiger partial charge in [-0.15, -0.1) is 0 Å². The smallest absolute Gasteiger partial charge is 0.258 e. The standard InChI is InChI=1S/C18H17N3O2S/c22-17(15-7-3-5-13-4-1-2-6-14(13)15)20-18-19-12-16(24-18)21-8-10-23-11-9-21/h1-7,12H,8-11H2,(H,19,20,22). The lowest BCUT2D eigenvalue weighted by atomic mass is 10.0. The van der Waals surface area contributed by atoms with E-state index in [2.05, 4.69) is 15.2 Å². The summed E-state index contributed by atoms with van der Waals surface area (Å²) in [6.07, 6.45) is 1.81. The minimum atomic E-state index is -0.130. The number of carbonyl (C=O) groups is 1. The zero-order valence-electron chi connectivity index (χ0n) is 13.1. The van der Waals surface area contributed by atoms with Crippen molar-refractivity contribution in [2.24, 2.45) is 0 Å². The Bertz CT molecular complexity index is 866. The van der Waals surface area contributed by atoms with Crippen LogP contribution in [0.25, 0.3) is 10.8 Å². The van der Waals surface area contributed by atoms with E-state index in [1.54, 1.807) is 0 Å². The van der Waals surface area contributed by atoms with Crippen molar-refractivity contribution < 1.29 is 9.53 Å². The first kappa shape index (κ1) is 15.1. The Morgan fingerprint density at radius 2 is 1.92 bits per heavy atom. The van der Waals surface area contributed by atoms with Crippen molar-refractivity contribution in [3.05, 3.63) is 54.2 Å². The van der Waals surface area contributed by atoms with Gasteiger partial charge in [-0.1, -0.05) is 47.7 Å². The van der Waals surface area contributed by atoms with E-state index >= 15 is 0 Å². The number of aromatic nitrogens is 1. The van der Waals surface area contributed by atoms with Gasteiger partial charge in [-0.3, -0.25) is 10.1 Å². The molecule has 4 rings (SSSR count). The molecule has 0 bridgehead atoms. The zero-order valence-corrected chi connectivity index (χ0v) is 13.9. The van der Waals surface area contributed by atoms with Gasteiger partial charge in [0.25, 0.3) is 5.91 Å². The lowest BCUT2D eigenvalue weighted by Crippen LogP contribution is -2.35. The average molecular weight is 339 g/mol. The van der Waals surface area contributed by atoms with Crippen molar-refractivity contribution in [1.82, 2.24) is 4.98 Å². The number of benzene rings is 2. The molecule has 0 atom stereocenters. The second kappa shape index (κ2) is 6.59. The van der Waals surface area contributed by atoms with Gasteiger partial charge in [-0.2, -0.15) is 0 Å². The minimum Gasteiger partial charge on any atom is -0.378 e. The fourth-order valence-electron chi connectivity index (χ4n) is 2.84. The van der Waals surface area contributed by atoms with E-state index < -0.39 is 0 Å².